The Labute approximate surface area is 311 Å². The van der Waals surface area contributed by atoms with Gasteiger partial charge in [-0.15, -0.1) is 0 Å². The monoisotopic (exact) mass is 676 g/mol. The third-order valence-corrected chi connectivity index (χ3v) is 9.45. The van der Waals surface area contributed by atoms with Crippen LogP contribution < -0.4 is 9.80 Å². The molecule has 0 atom stereocenters. The Hall–Kier alpha value is -6.04. The minimum Gasteiger partial charge on any atom is -0.311 e. The molecular weight excluding hydrogens is 629 g/mol. The lowest BCUT2D eigenvalue weighted by atomic mass is 9.82. The average Bonchev–Trinajstić information content (AvgIpc) is 3.42. The van der Waals surface area contributed by atoms with Gasteiger partial charge in [-0.3, -0.25) is 0 Å². The van der Waals surface area contributed by atoms with Gasteiger partial charge in [0.25, 0.3) is 0 Å². The Morgan fingerprint density at radius 2 is 1.02 bits per heavy atom. The van der Waals surface area contributed by atoms with E-state index in [-0.39, 0.29) is 5.41 Å². The molecule has 6 aromatic rings. The Kier molecular flexibility index (Phi) is 11.2. The highest BCUT2D eigenvalue weighted by Crippen LogP contribution is 2.51. The second-order valence-corrected chi connectivity index (χ2v) is 13.1. The molecule has 0 fully saturated rings. The predicted molar refractivity (Wildman–Crippen MR) is 224 cm³/mol. The minimum absolute atomic E-state index is 0.170. The Morgan fingerprint density at radius 1 is 0.558 bits per heavy atom. The molecule has 2 heteroatoms. The van der Waals surface area contributed by atoms with E-state index in [4.69, 9.17) is 0 Å². The first-order valence-corrected chi connectivity index (χ1v) is 18.5. The lowest BCUT2D eigenvalue weighted by molar-refractivity contribution is 0.660. The molecule has 1 aliphatic carbocycles. The summed E-state index contributed by atoms with van der Waals surface area (Å²) in [7, 11) is 0. The maximum atomic E-state index is 3.48. The van der Waals surface area contributed by atoms with Crippen LogP contribution in [-0.2, 0) is 5.41 Å². The summed E-state index contributed by atoms with van der Waals surface area (Å²) in [4.78, 5) is 4.63. The highest BCUT2D eigenvalue weighted by atomic mass is 15.1. The zero-order valence-corrected chi connectivity index (χ0v) is 31.3. The van der Waals surface area contributed by atoms with Crippen LogP contribution in [0.2, 0.25) is 0 Å². The Bertz CT molecular complexity index is 2180. The maximum absolute atomic E-state index is 3.48. The summed E-state index contributed by atoms with van der Waals surface area (Å²) in [6, 6.07) is 53.9. The molecule has 6 aromatic carbocycles. The zero-order chi connectivity index (χ0) is 36.5. The van der Waals surface area contributed by atoms with Gasteiger partial charge < -0.3 is 9.80 Å². The zero-order valence-electron chi connectivity index (χ0n) is 31.3. The van der Waals surface area contributed by atoms with E-state index >= 15 is 0 Å². The largest absolute Gasteiger partial charge is 0.311 e. The summed E-state index contributed by atoms with van der Waals surface area (Å²) < 4.78 is 0. The number of hydrogen-bond acceptors (Lipinski definition) is 2. The van der Waals surface area contributed by atoms with E-state index in [9.17, 15) is 0 Å². The van der Waals surface area contributed by atoms with Gasteiger partial charge in [-0.1, -0.05) is 125 Å². The molecule has 0 spiro atoms. The standard InChI is InChI=1S/C48H42N2.C2H6/c1-5-16-38(17-6-2)49(39-18-10-7-11-19-39)42-29-26-36(27-30-42)24-25-37-28-32-44-45-33-31-43(35-47(45)48(3,4)46(44)34-37)50(40-20-12-8-13-21-40)41-22-14-9-15-23-41;1-2/h5,7-23,26-35H,6H2,1-4H3;1-2H3/b16-5-,38-17+;. The van der Waals surface area contributed by atoms with Crippen molar-refractivity contribution in [3.63, 3.8) is 0 Å². The van der Waals surface area contributed by atoms with Gasteiger partial charge in [-0.2, -0.15) is 0 Å². The average molecular weight is 677 g/mol. The van der Waals surface area contributed by atoms with Gasteiger partial charge in [0.05, 0.1) is 0 Å². The number of para-hydroxylation sites is 3. The number of allylic oxidation sites excluding steroid dienone is 3. The number of anilines is 5. The molecule has 1 aliphatic rings. The van der Waals surface area contributed by atoms with Crippen LogP contribution >= 0.6 is 0 Å². The molecule has 0 radical (unpaired) electrons. The molecule has 0 amide bonds. The first-order chi connectivity index (χ1) is 25.5. The van der Waals surface area contributed by atoms with Crippen molar-refractivity contribution in [2.45, 2.75) is 53.4 Å². The quantitative estimate of drug-likeness (QED) is 0.117. The van der Waals surface area contributed by atoms with Crippen LogP contribution in [0, 0.1) is 11.8 Å². The van der Waals surface area contributed by atoms with E-state index < -0.39 is 0 Å². The molecule has 0 bridgehead atoms. The van der Waals surface area contributed by atoms with Crippen LogP contribution in [0.3, 0.4) is 0 Å². The first kappa shape index (κ1) is 35.8. The molecule has 0 heterocycles. The van der Waals surface area contributed by atoms with Crippen LogP contribution in [0.25, 0.3) is 11.1 Å². The topological polar surface area (TPSA) is 6.48 Å². The number of benzene rings is 6. The van der Waals surface area contributed by atoms with Crippen LogP contribution in [0.15, 0.2) is 176 Å². The summed E-state index contributed by atoms with van der Waals surface area (Å²) in [5, 5.41) is 0. The number of nitrogens with zero attached hydrogens (tertiary/aromatic N) is 2. The molecule has 7 rings (SSSR count). The molecule has 0 unspecified atom stereocenters. The summed E-state index contributed by atoms with van der Waals surface area (Å²) in [6.45, 7) is 12.9. The predicted octanol–water partition coefficient (Wildman–Crippen LogP) is 13.9. The summed E-state index contributed by atoms with van der Waals surface area (Å²) in [6.07, 6.45) is 7.48. The van der Waals surface area contributed by atoms with Crippen LogP contribution in [-0.4, -0.2) is 0 Å². The summed E-state index contributed by atoms with van der Waals surface area (Å²) >= 11 is 0. The van der Waals surface area contributed by atoms with Crippen molar-refractivity contribution in [1.82, 2.24) is 0 Å². The minimum atomic E-state index is -0.170. The highest BCUT2D eigenvalue weighted by Gasteiger charge is 2.36. The third kappa shape index (κ3) is 7.36. The van der Waals surface area contributed by atoms with Crippen molar-refractivity contribution in [2.75, 3.05) is 9.80 Å². The van der Waals surface area contributed by atoms with Gasteiger partial charge >= 0.3 is 0 Å². The Morgan fingerprint density at radius 3 is 1.58 bits per heavy atom. The van der Waals surface area contributed by atoms with E-state index in [0.717, 1.165) is 51.7 Å². The molecule has 2 nitrogen and oxygen atoms in total. The molecule has 52 heavy (non-hydrogen) atoms. The second-order valence-electron chi connectivity index (χ2n) is 13.1. The van der Waals surface area contributed by atoms with E-state index in [1.807, 2.05) is 13.8 Å². The number of hydrogen-bond donors (Lipinski definition) is 0. The molecular formula is C50H48N2. The molecule has 258 valence electrons. The summed E-state index contributed by atoms with van der Waals surface area (Å²) in [5.41, 5.74) is 13.9. The molecule has 0 N–H and O–H groups in total. The van der Waals surface area contributed by atoms with Gasteiger partial charge in [0.2, 0.25) is 0 Å². The number of rotatable bonds is 8. The summed E-state index contributed by atoms with van der Waals surface area (Å²) in [5.74, 6) is 6.92. The fourth-order valence-electron chi connectivity index (χ4n) is 7.02. The lowest BCUT2D eigenvalue weighted by Gasteiger charge is -2.28. The van der Waals surface area contributed by atoms with Crippen LogP contribution in [0.5, 0.6) is 0 Å². The second kappa shape index (κ2) is 16.3. The highest BCUT2D eigenvalue weighted by molar-refractivity contribution is 5.86. The maximum Gasteiger partial charge on any atom is 0.0465 e. The number of fused-ring (bicyclic) bond motifs is 3. The third-order valence-electron chi connectivity index (χ3n) is 9.45. The fraction of sp³-hybridized carbons (Fsp3) is 0.160. The molecule has 0 saturated heterocycles. The van der Waals surface area contributed by atoms with E-state index in [1.165, 1.54) is 22.3 Å². The van der Waals surface area contributed by atoms with Crippen molar-refractivity contribution in [2.24, 2.45) is 0 Å². The first-order valence-electron chi connectivity index (χ1n) is 18.5. The van der Waals surface area contributed by atoms with Gasteiger partial charge in [0.1, 0.15) is 0 Å². The van der Waals surface area contributed by atoms with E-state index in [2.05, 4.69) is 219 Å². The van der Waals surface area contributed by atoms with Crippen molar-refractivity contribution in [3.8, 4) is 23.0 Å². The molecule has 0 aliphatic heterocycles. The van der Waals surface area contributed by atoms with Gasteiger partial charge in [-0.25, -0.2) is 0 Å². The Balaban J connectivity index is 0.00000228. The molecule has 0 aromatic heterocycles. The fourth-order valence-corrected chi connectivity index (χ4v) is 7.02. The SMILES string of the molecule is C/C=C\C(=C/CC)N(c1ccccc1)c1ccc(C#Cc2ccc3c(c2)C(C)(C)c2cc(N(c4ccccc4)c4ccccc4)ccc2-3)cc1.CC. The van der Waals surface area contributed by atoms with Gasteiger partial charge in [0.15, 0.2) is 0 Å². The molecule has 0 saturated carbocycles. The van der Waals surface area contributed by atoms with Crippen molar-refractivity contribution < 1.29 is 0 Å². The van der Waals surface area contributed by atoms with Crippen LogP contribution in [0.1, 0.15) is 70.2 Å². The van der Waals surface area contributed by atoms with Crippen LogP contribution in [0.4, 0.5) is 28.4 Å². The van der Waals surface area contributed by atoms with E-state index in [1.54, 1.807) is 0 Å². The lowest BCUT2D eigenvalue weighted by Crippen LogP contribution is -2.16. The van der Waals surface area contributed by atoms with Gasteiger partial charge in [-0.05, 0) is 127 Å². The van der Waals surface area contributed by atoms with E-state index in [0.29, 0.717) is 0 Å². The normalized spacial score (nSPS) is 12.5. The van der Waals surface area contributed by atoms with Gasteiger partial charge in [0, 0.05) is 50.7 Å². The van der Waals surface area contributed by atoms with Crippen molar-refractivity contribution in [1.29, 1.82) is 0 Å². The van der Waals surface area contributed by atoms with Crippen molar-refractivity contribution in [3.05, 3.63) is 198 Å². The smallest absolute Gasteiger partial charge is 0.0465 e. The van der Waals surface area contributed by atoms with Crippen molar-refractivity contribution >= 4 is 28.4 Å².